The van der Waals surface area contributed by atoms with E-state index in [1.807, 2.05) is 73.7 Å². The first-order chi connectivity index (χ1) is 17.1. The van der Waals surface area contributed by atoms with Crippen molar-refractivity contribution < 1.29 is 14.3 Å². The van der Waals surface area contributed by atoms with Gasteiger partial charge in [-0.2, -0.15) is 4.98 Å². The Morgan fingerprint density at radius 1 is 1.00 bits per heavy atom. The van der Waals surface area contributed by atoms with Crippen LogP contribution in [0.4, 0.5) is 5.69 Å². The standard InChI is InChI=1S/C28H28N4O3/c1-19-8-6-7-11-23(19)26-30-28(35-17-16-34-2)31-32(26)22-14-12-21(13-15-22)29-27(33)25-18-24(25)20-9-4-3-5-10-20/h3-15,24-25H,16-18H2,1-2H3,(H,29,33). The van der Waals surface area contributed by atoms with E-state index in [0.717, 1.165) is 28.9 Å². The van der Waals surface area contributed by atoms with Crippen molar-refractivity contribution >= 4 is 11.6 Å². The quantitative estimate of drug-likeness (QED) is 0.350. The number of nitrogens with zero attached hydrogens (tertiary/aromatic N) is 3. The first-order valence-electron chi connectivity index (χ1n) is 11.7. The van der Waals surface area contributed by atoms with Crippen LogP contribution in [0.5, 0.6) is 6.01 Å². The highest BCUT2D eigenvalue weighted by Gasteiger charge is 2.43. The van der Waals surface area contributed by atoms with Crippen molar-refractivity contribution in [3.63, 3.8) is 0 Å². The first-order valence-corrected chi connectivity index (χ1v) is 11.7. The third-order valence-corrected chi connectivity index (χ3v) is 6.23. The molecular weight excluding hydrogens is 440 g/mol. The third kappa shape index (κ3) is 5.10. The monoisotopic (exact) mass is 468 g/mol. The molecule has 0 radical (unpaired) electrons. The number of amides is 1. The molecule has 0 spiro atoms. The van der Waals surface area contributed by atoms with E-state index in [4.69, 9.17) is 9.47 Å². The van der Waals surface area contributed by atoms with Gasteiger partial charge in [0.25, 0.3) is 0 Å². The molecule has 1 aromatic heterocycles. The van der Waals surface area contributed by atoms with E-state index < -0.39 is 0 Å². The number of benzene rings is 3. The number of carbonyl (C=O) groups excluding carboxylic acids is 1. The summed E-state index contributed by atoms with van der Waals surface area (Å²) in [6.45, 7) is 2.86. The lowest BCUT2D eigenvalue weighted by Gasteiger charge is -2.09. The summed E-state index contributed by atoms with van der Waals surface area (Å²) in [5.74, 6) is 1.07. The lowest BCUT2D eigenvalue weighted by Crippen LogP contribution is -2.14. The molecule has 2 atom stereocenters. The Morgan fingerprint density at radius 2 is 1.74 bits per heavy atom. The minimum Gasteiger partial charge on any atom is -0.460 e. The van der Waals surface area contributed by atoms with E-state index in [0.29, 0.717) is 31.0 Å². The average molecular weight is 469 g/mol. The van der Waals surface area contributed by atoms with Crippen molar-refractivity contribution in [2.45, 2.75) is 19.3 Å². The molecular formula is C28H28N4O3. The van der Waals surface area contributed by atoms with E-state index >= 15 is 0 Å². The number of methoxy groups -OCH3 is 1. The van der Waals surface area contributed by atoms with Gasteiger partial charge in [-0.25, -0.2) is 4.68 Å². The molecule has 1 amide bonds. The van der Waals surface area contributed by atoms with Crippen LogP contribution in [0.15, 0.2) is 78.9 Å². The van der Waals surface area contributed by atoms with Crippen molar-refractivity contribution in [1.29, 1.82) is 0 Å². The van der Waals surface area contributed by atoms with Gasteiger partial charge in [-0.3, -0.25) is 4.79 Å². The van der Waals surface area contributed by atoms with Crippen molar-refractivity contribution in [3.05, 3.63) is 90.0 Å². The van der Waals surface area contributed by atoms with Crippen molar-refractivity contribution in [1.82, 2.24) is 14.8 Å². The molecule has 1 heterocycles. The van der Waals surface area contributed by atoms with Gasteiger partial charge in [0.1, 0.15) is 6.61 Å². The fourth-order valence-electron chi connectivity index (χ4n) is 4.22. The highest BCUT2D eigenvalue weighted by atomic mass is 16.5. The van der Waals surface area contributed by atoms with Gasteiger partial charge in [0.05, 0.1) is 12.3 Å². The third-order valence-electron chi connectivity index (χ3n) is 6.23. The molecule has 4 aromatic rings. The summed E-state index contributed by atoms with van der Waals surface area (Å²) in [6.07, 6.45) is 0.887. The molecule has 0 bridgehead atoms. The molecule has 0 saturated heterocycles. The molecule has 3 aromatic carbocycles. The van der Waals surface area contributed by atoms with Gasteiger partial charge in [0.15, 0.2) is 5.82 Å². The number of anilines is 1. The van der Waals surface area contributed by atoms with E-state index in [1.54, 1.807) is 11.8 Å². The van der Waals surface area contributed by atoms with Crippen LogP contribution in [-0.4, -0.2) is 41.0 Å². The molecule has 1 saturated carbocycles. The Labute approximate surface area is 204 Å². The van der Waals surface area contributed by atoms with E-state index in [1.165, 1.54) is 5.56 Å². The molecule has 7 nitrogen and oxygen atoms in total. The largest absolute Gasteiger partial charge is 0.460 e. The van der Waals surface area contributed by atoms with Gasteiger partial charge in [-0.15, -0.1) is 5.10 Å². The average Bonchev–Trinajstić information content (AvgIpc) is 3.59. The lowest BCUT2D eigenvalue weighted by molar-refractivity contribution is -0.117. The van der Waals surface area contributed by atoms with E-state index in [9.17, 15) is 4.79 Å². The van der Waals surface area contributed by atoms with Crippen LogP contribution < -0.4 is 10.1 Å². The Balaban J connectivity index is 1.34. The smallest absolute Gasteiger partial charge is 0.336 e. The summed E-state index contributed by atoms with van der Waals surface area (Å²) in [6, 6.07) is 26.2. The van der Waals surface area contributed by atoms with Gasteiger partial charge in [-0.05, 0) is 54.7 Å². The normalized spacial score (nSPS) is 16.6. The molecule has 0 aliphatic heterocycles. The number of aryl methyl sites for hydroxylation is 1. The Hall–Kier alpha value is -3.97. The number of nitrogens with one attached hydrogen (secondary N) is 1. The zero-order valence-corrected chi connectivity index (χ0v) is 19.8. The predicted molar refractivity (Wildman–Crippen MR) is 135 cm³/mol. The molecule has 1 fully saturated rings. The van der Waals surface area contributed by atoms with Crippen LogP contribution in [0.3, 0.4) is 0 Å². The molecule has 2 unspecified atom stereocenters. The fraction of sp³-hybridized carbons (Fsp3) is 0.250. The minimum atomic E-state index is 0.0202. The van der Waals surface area contributed by atoms with Gasteiger partial charge in [0.2, 0.25) is 5.91 Å². The molecule has 35 heavy (non-hydrogen) atoms. The summed E-state index contributed by atoms with van der Waals surface area (Å²) < 4.78 is 12.5. The zero-order chi connectivity index (χ0) is 24.2. The molecule has 1 N–H and O–H groups in total. The van der Waals surface area contributed by atoms with Crippen LogP contribution in [0, 0.1) is 12.8 Å². The number of aromatic nitrogens is 3. The molecule has 178 valence electrons. The molecule has 1 aliphatic rings. The maximum Gasteiger partial charge on any atom is 0.336 e. The summed E-state index contributed by atoms with van der Waals surface area (Å²) in [7, 11) is 1.62. The Morgan fingerprint density at radius 3 is 2.49 bits per heavy atom. The second-order valence-corrected chi connectivity index (χ2v) is 8.68. The number of carbonyl (C=O) groups is 1. The van der Waals surface area contributed by atoms with Crippen LogP contribution in [0.2, 0.25) is 0 Å². The van der Waals surface area contributed by atoms with Crippen LogP contribution in [0.25, 0.3) is 17.1 Å². The second-order valence-electron chi connectivity index (χ2n) is 8.68. The molecule has 5 rings (SSSR count). The lowest BCUT2D eigenvalue weighted by atomic mass is 10.1. The van der Waals surface area contributed by atoms with Crippen LogP contribution in [-0.2, 0) is 9.53 Å². The summed E-state index contributed by atoms with van der Waals surface area (Å²) in [5.41, 5.74) is 4.86. The van der Waals surface area contributed by atoms with E-state index in [-0.39, 0.29) is 11.8 Å². The number of rotatable bonds is 9. The highest BCUT2D eigenvalue weighted by molar-refractivity contribution is 5.95. The number of hydrogen-bond donors (Lipinski definition) is 1. The summed E-state index contributed by atoms with van der Waals surface area (Å²) >= 11 is 0. The Bertz CT molecular complexity index is 1300. The number of hydrogen-bond acceptors (Lipinski definition) is 5. The topological polar surface area (TPSA) is 78.3 Å². The summed E-state index contributed by atoms with van der Waals surface area (Å²) in [5, 5.41) is 7.64. The SMILES string of the molecule is COCCOc1nc(-c2ccccc2C)n(-c2ccc(NC(=O)C3CC3c3ccccc3)cc2)n1. The highest BCUT2D eigenvalue weighted by Crippen LogP contribution is 2.47. The predicted octanol–water partition coefficient (Wildman–Crippen LogP) is 5.01. The number of ether oxygens (including phenoxy) is 2. The zero-order valence-electron chi connectivity index (χ0n) is 19.8. The molecule has 1 aliphatic carbocycles. The second kappa shape index (κ2) is 10.1. The Kier molecular flexibility index (Phi) is 6.59. The minimum absolute atomic E-state index is 0.0202. The first kappa shape index (κ1) is 22.8. The van der Waals surface area contributed by atoms with Crippen molar-refractivity contribution in [2.75, 3.05) is 25.6 Å². The maximum atomic E-state index is 12.8. The van der Waals surface area contributed by atoms with Gasteiger partial charge >= 0.3 is 6.01 Å². The van der Waals surface area contributed by atoms with Gasteiger partial charge < -0.3 is 14.8 Å². The fourth-order valence-corrected chi connectivity index (χ4v) is 4.22. The van der Waals surface area contributed by atoms with Gasteiger partial charge in [0, 0.05) is 24.3 Å². The van der Waals surface area contributed by atoms with Crippen molar-refractivity contribution in [3.8, 4) is 23.1 Å². The van der Waals surface area contributed by atoms with E-state index in [2.05, 4.69) is 27.5 Å². The maximum absolute atomic E-state index is 12.8. The van der Waals surface area contributed by atoms with Crippen LogP contribution in [0.1, 0.15) is 23.5 Å². The summed E-state index contributed by atoms with van der Waals surface area (Å²) in [4.78, 5) is 17.4. The van der Waals surface area contributed by atoms with Gasteiger partial charge in [-0.1, -0.05) is 54.6 Å². The molecule has 7 heteroatoms. The van der Waals surface area contributed by atoms with Crippen molar-refractivity contribution in [2.24, 2.45) is 5.92 Å². The van der Waals surface area contributed by atoms with Crippen LogP contribution >= 0.6 is 0 Å².